The second-order valence-corrected chi connectivity index (χ2v) is 20.0. The number of hydrogen-bond acceptors (Lipinski definition) is 5. The highest BCUT2D eigenvalue weighted by Gasteiger charge is 2.43. The van der Waals surface area contributed by atoms with Gasteiger partial charge in [-0.05, 0) is 49.6 Å². The molecule has 0 aromatic carbocycles. The van der Waals surface area contributed by atoms with Crippen LogP contribution in [0.5, 0.6) is 0 Å². The standard InChI is InChI=1S/C20H44O5Si2/c1-16(24-26(9,10)19(2,3)4)13-17(18(14-21)23-15-22-8)25-27(11,12)20(5,6)7/h14,16-18H,13,15H2,1-12H3/t16-,17-,18-/m0/s1. The van der Waals surface area contributed by atoms with Gasteiger partial charge in [0.2, 0.25) is 0 Å². The quantitative estimate of drug-likeness (QED) is 0.256. The summed E-state index contributed by atoms with van der Waals surface area (Å²) in [6.45, 7) is 24.3. The Hall–Kier alpha value is -0.0562. The predicted molar refractivity (Wildman–Crippen MR) is 117 cm³/mol. The van der Waals surface area contributed by atoms with Gasteiger partial charge in [0.15, 0.2) is 22.9 Å². The summed E-state index contributed by atoms with van der Waals surface area (Å²) in [7, 11) is -2.42. The first-order chi connectivity index (χ1) is 12.0. The summed E-state index contributed by atoms with van der Waals surface area (Å²) < 4.78 is 23.7. The zero-order chi connectivity index (χ0) is 21.7. The summed E-state index contributed by atoms with van der Waals surface area (Å²) in [4.78, 5) is 11.7. The molecular formula is C20H44O5Si2. The SMILES string of the molecule is COCO[C@@H](C=O)[C@H](C[C@H](C)O[Si](C)(C)C(C)(C)C)O[Si](C)(C)C(C)(C)C. The van der Waals surface area contributed by atoms with E-state index in [1.54, 1.807) is 7.11 Å². The number of carbonyl (C=O) groups is 1. The molecule has 0 N–H and O–H groups in total. The fourth-order valence-corrected chi connectivity index (χ4v) is 5.04. The van der Waals surface area contributed by atoms with Crippen LogP contribution in [0.25, 0.3) is 0 Å². The second-order valence-electron chi connectivity index (χ2n) is 10.5. The van der Waals surface area contributed by atoms with Gasteiger partial charge in [-0.2, -0.15) is 0 Å². The van der Waals surface area contributed by atoms with Crippen LogP contribution in [-0.2, 0) is 23.1 Å². The molecule has 0 radical (unpaired) electrons. The lowest BCUT2D eigenvalue weighted by Crippen LogP contribution is -2.50. The van der Waals surface area contributed by atoms with Gasteiger partial charge in [-0.15, -0.1) is 0 Å². The van der Waals surface area contributed by atoms with Crippen molar-refractivity contribution in [1.29, 1.82) is 0 Å². The summed E-state index contributed by atoms with van der Waals surface area (Å²) in [5.74, 6) is 0. The Morgan fingerprint density at radius 2 is 1.33 bits per heavy atom. The molecule has 0 aromatic heterocycles. The van der Waals surface area contributed by atoms with Crippen LogP contribution >= 0.6 is 0 Å². The summed E-state index contributed by atoms with van der Waals surface area (Å²) in [6.07, 6.45) is 0.416. The van der Waals surface area contributed by atoms with E-state index in [1.165, 1.54) is 0 Å². The minimum absolute atomic E-state index is 0.0192. The third-order valence-electron chi connectivity index (χ3n) is 6.00. The monoisotopic (exact) mass is 420 g/mol. The van der Waals surface area contributed by atoms with Gasteiger partial charge < -0.3 is 23.1 Å². The predicted octanol–water partition coefficient (Wildman–Crippen LogP) is 5.37. The Bertz CT molecular complexity index is 452. The Balaban J connectivity index is 5.44. The molecule has 0 unspecified atom stereocenters. The zero-order valence-corrected chi connectivity index (χ0v) is 21.8. The van der Waals surface area contributed by atoms with Crippen molar-refractivity contribution in [3.05, 3.63) is 0 Å². The van der Waals surface area contributed by atoms with Gasteiger partial charge in [-0.1, -0.05) is 41.5 Å². The molecule has 3 atom stereocenters. The van der Waals surface area contributed by atoms with Crippen LogP contribution in [0.4, 0.5) is 0 Å². The molecule has 7 heteroatoms. The average molecular weight is 421 g/mol. The van der Waals surface area contributed by atoms with E-state index in [0.29, 0.717) is 6.42 Å². The number of rotatable bonds is 11. The van der Waals surface area contributed by atoms with E-state index in [1.807, 2.05) is 0 Å². The van der Waals surface area contributed by atoms with Crippen LogP contribution in [0.15, 0.2) is 0 Å². The maximum absolute atomic E-state index is 11.7. The molecule has 0 saturated carbocycles. The summed E-state index contributed by atoms with van der Waals surface area (Å²) in [5, 5.41) is 0.178. The molecule has 0 fully saturated rings. The van der Waals surface area contributed by atoms with Crippen LogP contribution < -0.4 is 0 Å². The van der Waals surface area contributed by atoms with Gasteiger partial charge in [-0.3, -0.25) is 0 Å². The van der Waals surface area contributed by atoms with Gasteiger partial charge in [0, 0.05) is 13.2 Å². The van der Waals surface area contributed by atoms with Crippen LogP contribution in [0.2, 0.25) is 36.3 Å². The van der Waals surface area contributed by atoms with Gasteiger partial charge in [0.05, 0.1) is 6.10 Å². The lowest BCUT2D eigenvalue weighted by molar-refractivity contribution is -0.141. The smallest absolute Gasteiger partial charge is 0.192 e. The number of aldehydes is 1. The Morgan fingerprint density at radius 1 is 0.889 bits per heavy atom. The first kappa shape index (κ1) is 26.9. The van der Waals surface area contributed by atoms with E-state index in [0.717, 1.165) is 6.29 Å². The Labute approximate surface area is 169 Å². The van der Waals surface area contributed by atoms with Crippen molar-refractivity contribution < 1.29 is 23.1 Å². The highest BCUT2D eigenvalue weighted by molar-refractivity contribution is 6.74. The van der Waals surface area contributed by atoms with E-state index in [-0.39, 0.29) is 29.1 Å². The third-order valence-corrected chi connectivity index (χ3v) is 15.1. The van der Waals surface area contributed by atoms with Crippen LogP contribution in [0, 0.1) is 0 Å². The number of ether oxygens (including phenoxy) is 2. The average Bonchev–Trinajstić information content (AvgIpc) is 2.44. The molecule has 0 amide bonds. The fourth-order valence-electron chi connectivity index (χ4n) is 2.24. The normalized spacial score (nSPS) is 17.5. The van der Waals surface area contributed by atoms with Gasteiger partial charge in [0.25, 0.3) is 0 Å². The van der Waals surface area contributed by atoms with E-state index in [4.69, 9.17) is 18.3 Å². The zero-order valence-electron chi connectivity index (χ0n) is 19.8. The highest BCUT2D eigenvalue weighted by atomic mass is 28.4. The molecule has 0 saturated heterocycles. The minimum atomic E-state index is -2.07. The summed E-state index contributed by atoms with van der Waals surface area (Å²) in [5.41, 5.74) is 0. The highest BCUT2D eigenvalue weighted by Crippen LogP contribution is 2.40. The fraction of sp³-hybridized carbons (Fsp3) is 0.950. The number of methoxy groups -OCH3 is 1. The van der Waals surface area contributed by atoms with Crippen molar-refractivity contribution in [3.63, 3.8) is 0 Å². The molecule has 0 rings (SSSR count). The summed E-state index contributed by atoms with van der Waals surface area (Å²) in [6, 6.07) is 0. The minimum Gasteiger partial charge on any atom is -0.414 e. The topological polar surface area (TPSA) is 54.0 Å². The lowest BCUT2D eigenvalue weighted by atomic mass is 10.1. The van der Waals surface area contributed by atoms with E-state index >= 15 is 0 Å². The molecule has 5 nitrogen and oxygen atoms in total. The molecule has 0 aliphatic rings. The third kappa shape index (κ3) is 8.45. The molecule has 162 valence electrons. The van der Waals surface area contributed by atoms with Crippen molar-refractivity contribution >= 4 is 22.9 Å². The number of carbonyl (C=O) groups excluding carboxylic acids is 1. The first-order valence-corrected chi connectivity index (χ1v) is 15.7. The van der Waals surface area contributed by atoms with Crippen LogP contribution in [0.1, 0.15) is 54.9 Å². The Morgan fingerprint density at radius 3 is 1.70 bits per heavy atom. The lowest BCUT2D eigenvalue weighted by Gasteiger charge is -2.42. The van der Waals surface area contributed by atoms with E-state index < -0.39 is 22.7 Å². The molecule has 0 aromatic rings. The van der Waals surface area contributed by atoms with Crippen molar-refractivity contribution in [1.82, 2.24) is 0 Å². The van der Waals surface area contributed by atoms with Gasteiger partial charge in [0.1, 0.15) is 12.9 Å². The van der Waals surface area contributed by atoms with Crippen molar-refractivity contribution in [2.45, 2.75) is 109 Å². The van der Waals surface area contributed by atoms with Crippen LogP contribution in [0.3, 0.4) is 0 Å². The number of hydrogen-bond donors (Lipinski definition) is 0. The molecule has 27 heavy (non-hydrogen) atoms. The van der Waals surface area contributed by atoms with Gasteiger partial charge in [-0.25, -0.2) is 0 Å². The summed E-state index contributed by atoms with van der Waals surface area (Å²) >= 11 is 0. The molecular weight excluding hydrogens is 376 g/mol. The molecule has 0 bridgehead atoms. The molecule has 0 aliphatic heterocycles. The largest absolute Gasteiger partial charge is 0.414 e. The Kier molecular flexibility index (Phi) is 10.1. The van der Waals surface area contributed by atoms with Crippen molar-refractivity contribution in [2.24, 2.45) is 0 Å². The second kappa shape index (κ2) is 10.1. The van der Waals surface area contributed by atoms with Gasteiger partial charge >= 0.3 is 0 Å². The molecule has 0 spiro atoms. The maximum Gasteiger partial charge on any atom is 0.192 e. The van der Waals surface area contributed by atoms with Crippen LogP contribution in [-0.4, -0.2) is 55.1 Å². The van der Waals surface area contributed by atoms with E-state index in [2.05, 4.69) is 74.7 Å². The van der Waals surface area contributed by atoms with Crippen molar-refractivity contribution in [2.75, 3.05) is 13.9 Å². The molecule has 0 aliphatic carbocycles. The van der Waals surface area contributed by atoms with Crippen molar-refractivity contribution in [3.8, 4) is 0 Å². The van der Waals surface area contributed by atoms with E-state index in [9.17, 15) is 4.79 Å². The first-order valence-electron chi connectivity index (χ1n) is 9.90. The maximum atomic E-state index is 11.7. The molecule has 0 heterocycles.